The summed E-state index contributed by atoms with van der Waals surface area (Å²) in [6.07, 6.45) is 2.37. The summed E-state index contributed by atoms with van der Waals surface area (Å²) >= 11 is 5.97. The van der Waals surface area contributed by atoms with Crippen LogP contribution in [0, 0.1) is 11.6 Å². The number of hydrogen-bond donors (Lipinski definition) is 2. The number of rotatable bonds is 3. The molecule has 1 aliphatic heterocycles. The molecule has 3 N–H and O–H groups in total. The third-order valence-electron chi connectivity index (χ3n) is 5.55. The van der Waals surface area contributed by atoms with Gasteiger partial charge in [-0.3, -0.25) is 0 Å². The molecule has 0 fully saturated rings. The van der Waals surface area contributed by atoms with Gasteiger partial charge >= 0.3 is 5.69 Å². The van der Waals surface area contributed by atoms with E-state index < -0.39 is 23.0 Å². The van der Waals surface area contributed by atoms with Crippen molar-refractivity contribution in [2.75, 3.05) is 24.6 Å². The average Bonchev–Trinajstić information content (AvgIpc) is 2.75. The second-order valence-electron chi connectivity index (χ2n) is 7.86. The summed E-state index contributed by atoms with van der Waals surface area (Å²) in [5.41, 5.74) is 8.17. The number of hydrogen-bond acceptors (Lipinski definition) is 7. The molecule has 0 amide bonds. The third kappa shape index (κ3) is 3.87. The summed E-state index contributed by atoms with van der Waals surface area (Å²) < 4.78 is 28.6. The minimum Gasteiger partial charge on any atom is -0.384 e. The van der Waals surface area contributed by atoms with Crippen LogP contribution >= 0.6 is 11.6 Å². The predicted octanol–water partition coefficient (Wildman–Crippen LogP) is 3.42. The molecule has 0 atom stereocenters. The number of aromatic nitrogens is 4. The number of halogens is 3. The van der Waals surface area contributed by atoms with Crippen LogP contribution in [0.1, 0.15) is 11.1 Å². The van der Waals surface area contributed by atoms with Crippen LogP contribution < -0.4 is 16.7 Å². The van der Waals surface area contributed by atoms with Crippen LogP contribution in [0.2, 0.25) is 5.02 Å². The van der Waals surface area contributed by atoms with Crippen molar-refractivity contribution in [3.8, 4) is 5.69 Å². The topological polar surface area (TPSA) is 102 Å². The third-order valence-corrected chi connectivity index (χ3v) is 5.84. The Labute approximate surface area is 191 Å². The second kappa shape index (κ2) is 8.05. The minimum absolute atomic E-state index is 0.0302. The molecule has 0 bridgehead atoms. The highest BCUT2D eigenvalue weighted by molar-refractivity contribution is 6.32. The first-order chi connectivity index (χ1) is 15.8. The largest absolute Gasteiger partial charge is 0.384 e. The van der Waals surface area contributed by atoms with E-state index in [2.05, 4.69) is 38.3 Å². The Balaban J connectivity index is 1.53. The number of nitrogens with zero attached hydrogens (tertiary/aromatic N) is 5. The molecule has 4 aromatic rings. The minimum atomic E-state index is -1.05. The Morgan fingerprint density at radius 1 is 1.15 bits per heavy atom. The van der Waals surface area contributed by atoms with Gasteiger partial charge in [-0.05, 0) is 42.8 Å². The molecule has 5 rings (SSSR count). The number of nitrogens with one attached hydrogen (secondary N) is 1. The summed E-state index contributed by atoms with van der Waals surface area (Å²) in [4.78, 5) is 27.4. The fourth-order valence-electron chi connectivity index (χ4n) is 3.93. The zero-order valence-corrected chi connectivity index (χ0v) is 18.2. The molecule has 11 heteroatoms. The van der Waals surface area contributed by atoms with E-state index in [4.69, 9.17) is 17.3 Å². The van der Waals surface area contributed by atoms with Crippen LogP contribution in [-0.4, -0.2) is 38.0 Å². The monoisotopic (exact) mass is 469 g/mol. The lowest BCUT2D eigenvalue weighted by Crippen LogP contribution is -2.26. The van der Waals surface area contributed by atoms with Crippen molar-refractivity contribution >= 4 is 40.1 Å². The van der Waals surface area contributed by atoms with Crippen LogP contribution in [0.4, 0.5) is 26.2 Å². The van der Waals surface area contributed by atoms with Crippen molar-refractivity contribution in [3.05, 3.63) is 74.8 Å². The highest BCUT2D eigenvalue weighted by Gasteiger charge is 2.20. The fourth-order valence-corrected chi connectivity index (χ4v) is 4.21. The number of fused-ring (bicyclic) bond motifs is 2. The first kappa shape index (κ1) is 21.2. The Morgan fingerprint density at radius 2 is 1.97 bits per heavy atom. The summed E-state index contributed by atoms with van der Waals surface area (Å²) in [6, 6.07) is 7.54. The maximum Gasteiger partial charge on any atom is 0.355 e. The zero-order chi connectivity index (χ0) is 23.3. The number of nitrogen functional groups attached to an aromatic ring is 1. The molecule has 0 radical (unpaired) electrons. The number of benzene rings is 2. The van der Waals surface area contributed by atoms with E-state index in [1.807, 2.05) is 12.1 Å². The molecule has 33 heavy (non-hydrogen) atoms. The highest BCUT2D eigenvalue weighted by atomic mass is 35.5. The molecule has 2 aromatic carbocycles. The SMILES string of the molecule is CN1CCc2ccc(Nc3ncc4c(N)n(-c5c(F)cc(F)cc5Cl)c(=O)nc4n3)cc2C1. The maximum absolute atomic E-state index is 14.4. The Bertz CT molecular complexity index is 1450. The molecule has 0 saturated carbocycles. The Morgan fingerprint density at radius 3 is 2.76 bits per heavy atom. The second-order valence-corrected chi connectivity index (χ2v) is 8.27. The van der Waals surface area contributed by atoms with Gasteiger partial charge in [0.1, 0.15) is 17.3 Å². The van der Waals surface area contributed by atoms with E-state index in [9.17, 15) is 13.6 Å². The van der Waals surface area contributed by atoms with Gasteiger partial charge in [-0.15, -0.1) is 0 Å². The lowest BCUT2D eigenvalue weighted by atomic mass is 9.99. The van der Waals surface area contributed by atoms with Crippen LogP contribution in [0.15, 0.2) is 41.3 Å². The lowest BCUT2D eigenvalue weighted by Gasteiger charge is -2.25. The zero-order valence-electron chi connectivity index (χ0n) is 17.4. The number of likely N-dealkylation sites (N-methyl/N-ethyl adjacent to an activating group) is 1. The van der Waals surface area contributed by atoms with Gasteiger partial charge in [-0.25, -0.2) is 23.1 Å². The average molecular weight is 470 g/mol. The number of nitrogens with two attached hydrogens (primary N) is 1. The van der Waals surface area contributed by atoms with Gasteiger partial charge in [0.2, 0.25) is 5.95 Å². The van der Waals surface area contributed by atoms with E-state index in [0.717, 1.165) is 35.8 Å². The Kier molecular flexibility index (Phi) is 5.18. The van der Waals surface area contributed by atoms with Crippen molar-refractivity contribution in [2.24, 2.45) is 0 Å². The van der Waals surface area contributed by atoms with Crippen molar-refractivity contribution in [1.29, 1.82) is 0 Å². The van der Waals surface area contributed by atoms with Crippen LogP contribution in [-0.2, 0) is 13.0 Å². The van der Waals surface area contributed by atoms with E-state index in [0.29, 0.717) is 6.07 Å². The van der Waals surface area contributed by atoms with Gasteiger partial charge in [-0.1, -0.05) is 17.7 Å². The molecule has 3 heterocycles. The van der Waals surface area contributed by atoms with E-state index >= 15 is 0 Å². The molecule has 2 aromatic heterocycles. The van der Waals surface area contributed by atoms with Crippen LogP contribution in [0.3, 0.4) is 0 Å². The molecule has 0 aliphatic carbocycles. The van der Waals surface area contributed by atoms with Gasteiger partial charge in [0.15, 0.2) is 11.5 Å². The molecule has 0 spiro atoms. The first-order valence-corrected chi connectivity index (χ1v) is 10.5. The van der Waals surface area contributed by atoms with E-state index in [1.54, 1.807) is 0 Å². The van der Waals surface area contributed by atoms with Gasteiger partial charge in [0, 0.05) is 31.0 Å². The molecular weight excluding hydrogens is 452 g/mol. The summed E-state index contributed by atoms with van der Waals surface area (Å²) in [5.74, 6) is -1.87. The van der Waals surface area contributed by atoms with Gasteiger partial charge < -0.3 is 16.0 Å². The first-order valence-electron chi connectivity index (χ1n) is 10.1. The van der Waals surface area contributed by atoms with Gasteiger partial charge in [-0.2, -0.15) is 9.97 Å². The molecule has 0 unspecified atom stereocenters. The highest BCUT2D eigenvalue weighted by Crippen LogP contribution is 2.28. The normalized spacial score (nSPS) is 13.8. The van der Waals surface area contributed by atoms with Crippen molar-refractivity contribution < 1.29 is 8.78 Å². The van der Waals surface area contributed by atoms with E-state index in [-0.39, 0.29) is 27.8 Å². The fraction of sp³-hybridized carbons (Fsp3) is 0.182. The smallest absolute Gasteiger partial charge is 0.355 e. The van der Waals surface area contributed by atoms with Crippen LogP contribution in [0.5, 0.6) is 0 Å². The molecule has 168 valence electrons. The van der Waals surface area contributed by atoms with Crippen molar-refractivity contribution in [2.45, 2.75) is 13.0 Å². The molecule has 1 aliphatic rings. The summed E-state index contributed by atoms with van der Waals surface area (Å²) in [6.45, 7) is 1.87. The van der Waals surface area contributed by atoms with Crippen molar-refractivity contribution in [1.82, 2.24) is 24.4 Å². The quantitative estimate of drug-likeness (QED) is 0.474. The maximum atomic E-state index is 14.4. The molecule has 0 saturated heterocycles. The lowest BCUT2D eigenvalue weighted by molar-refractivity contribution is 0.313. The van der Waals surface area contributed by atoms with E-state index in [1.165, 1.54) is 17.3 Å². The summed E-state index contributed by atoms with van der Waals surface area (Å²) in [7, 11) is 2.07. The standard InChI is InChI=1S/C22H18ClF2N7O/c1-31-5-4-11-2-3-14(6-12(11)10-31)28-21-27-9-15-19(26)32(22(33)30-20(15)29-21)18-16(23)7-13(24)8-17(18)25/h2-3,6-9H,4-5,10,26H2,1H3,(H,28,29,30,33). The molecular formula is C22H18ClF2N7O. The Hall–Kier alpha value is -3.63. The predicted molar refractivity (Wildman–Crippen MR) is 122 cm³/mol. The molecule has 8 nitrogen and oxygen atoms in total. The van der Waals surface area contributed by atoms with Crippen molar-refractivity contribution in [3.63, 3.8) is 0 Å². The summed E-state index contributed by atoms with van der Waals surface area (Å²) in [5, 5.41) is 3.01. The van der Waals surface area contributed by atoms with Gasteiger partial charge in [0.05, 0.1) is 10.4 Å². The van der Waals surface area contributed by atoms with Crippen LogP contribution in [0.25, 0.3) is 16.7 Å². The number of anilines is 3. The van der Waals surface area contributed by atoms with Gasteiger partial charge in [0.25, 0.3) is 0 Å².